The number of nitrogens with zero attached hydrogens (tertiary/aromatic N) is 3. The molecule has 3 aromatic rings. The van der Waals surface area contributed by atoms with Crippen molar-refractivity contribution in [3.8, 4) is 17.0 Å². The highest BCUT2D eigenvalue weighted by Crippen LogP contribution is 2.40. The predicted octanol–water partition coefficient (Wildman–Crippen LogP) is 5.07. The lowest BCUT2D eigenvalue weighted by molar-refractivity contribution is -0.149. The number of aromatic amines is 1. The van der Waals surface area contributed by atoms with Crippen LogP contribution in [-0.4, -0.2) is 76.4 Å². The third-order valence-corrected chi connectivity index (χ3v) is 8.25. The molecule has 2 saturated heterocycles. The van der Waals surface area contributed by atoms with Gasteiger partial charge < -0.3 is 34.1 Å². The average molecular weight is 592 g/mol. The Morgan fingerprint density at radius 1 is 1.12 bits per heavy atom. The number of hydrogen-bond donors (Lipinski definition) is 2. The lowest BCUT2D eigenvalue weighted by Crippen LogP contribution is -2.47. The van der Waals surface area contributed by atoms with Gasteiger partial charge in [0.2, 0.25) is 0 Å². The summed E-state index contributed by atoms with van der Waals surface area (Å²) in [7, 11) is 0. The highest BCUT2D eigenvalue weighted by molar-refractivity contribution is 6.09. The van der Waals surface area contributed by atoms with Crippen LogP contribution in [0.2, 0.25) is 0 Å². The number of fused-ring (bicyclic) bond motifs is 1. The van der Waals surface area contributed by atoms with Gasteiger partial charge in [0, 0.05) is 36.0 Å². The van der Waals surface area contributed by atoms with Gasteiger partial charge in [-0.15, -0.1) is 0 Å². The van der Waals surface area contributed by atoms with E-state index in [0.717, 1.165) is 11.1 Å². The fourth-order valence-corrected chi connectivity index (χ4v) is 5.69. The molecule has 11 heteroatoms. The number of H-pyrrole nitrogens is 1. The normalized spacial score (nSPS) is 19.0. The van der Waals surface area contributed by atoms with Gasteiger partial charge in [-0.1, -0.05) is 0 Å². The average Bonchev–Trinajstić information content (AvgIpc) is 3.58. The number of aryl methyl sites for hydroxylation is 1. The molecular formula is C32H41N5O6. The third kappa shape index (κ3) is 6.33. The predicted molar refractivity (Wildman–Crippen MR) is 160 cm³/mol. The summed E-state index contributed by atoms with van der Waals surface area (Å²) >= 11 is 0. The van der Waals surface area contributed by atoms with E-state index < -0.39 is 11.4 Å². The second-order valence-corrected chi connectivity index (χ2v) is 12.9. The van der Waals surface area contributed by atoms with E-state index in [0.29, 0.717) is 85.4 Å². The molecule has 2 aromatic heterocycles. The molecule has 2 N–H and O–H groups in total. The highest BCUT2D eigenvalue weighted by Gasteiger charge is 2.35. The molecular weight excluding hydrogens is 550 g/mol. The van der Waals surface area contributed by atoms with Gasteiger partial charge in [-0.05, 0) is 84.4 Å². The molecule has 11 nitrogen and oxygen atoms in total. The van der Waals surface area contributed by atoms with E-state index in [2.05, 4.69) is 20.3 Å². The summed E-state index contributed by atoms with van der Waals surface area (Å²) in [5.74, 6) is 0.234. The topological polar surface area (TPSA) is 128 Å². The van der Waals surface area contributed by atoms with Crippen LogP contribution in [0.3, 0.4) is 0 Å². The standard InChI is InChI=1S/C32H41N5O6/c1-19-25(29(38)36-22-10-12-37(13-11-22)30(39)43-31(2,3)4)27-28(35-19)26(33-18-34-27)23-16-21(32(5)41-14-15-42-32)8-9-24(23)40-17-20-6-7-20/h8-9,16,18,20,22,35H,6-7,10-15,17H2,1-5H3,(H,36,38). The van der Waals surface area contributed by atoms with Crippen LogP contribution in [-0.2, 0) is 20.0 Å². The maximum atomic E-state index is 13.6. The van der Waals surface area contributed by atoms with E-state index in [1.165, 1.54) is 19.2 Å². The first kappa shape index (κ1) is 29.4. The monoisotopic (exact) mass is 591 g/mol. The fourth-order valence-electron chi connectivity index (χ4n) is 5.69. The van der Waals surface area contributed by atoms with Crippen LogP contribution >= 0.6 is 0 Å². The van der Waals surface area contributed by atoms with Crippen molar-refractivity contribution in [3.63, 3.8) is 0 Å². The molecule has 6 rings (SSSR count). The van der Waals surface area contributed by atoms with Gasteiger partial charge in [0.05, 0.1) is 30.9 Å². The summed E-state index contributed by atoms with van der Waals surface area (Å²) in [5, 5.41) is 3.17. The second-order valence-electron chi connectivity index (χ2n) is 12.9. The first-order valence-corrected chi connectivity index (χ1v) is 15.2. The van der Waals surface area contributed by atoms with Crippen molar-refractivity contribution >= 4 is 23.0 Å². The minimum absolute atomic E-state index is 0.0666. The number of piperidine rings is 1. The minimum Gasteiger partial charge on any atom is -0.493 e. The fraction of sp³-hybridized carbons (Fsp3) is 0.562. The summed E-state index contributed by atoms with van der Waals surface area (Å²) in [6.45, 7) is 12.1. The quantitative estimate of drug-likeness (QED) is 0.390. The van der Waals surface area contributed by atoms with Gasteiger partial charge >= 0.3 is 6.09 Å². The summed E-state index contributed by atoms with van der Waals surface area (Å²) in [6.07, 6.45) is 4.81. The van der Waals surface area contributed by atoms with Crippen molar-refractivity contribution in [2.75, 3.05) is 32.9 Å². The molecule has 0 bridgehead atoms. The molecule has 1 aliphatic carbocycles. The van der Waals surface area contributed by atoms with Gasteiger partial charge in [0.15, 0.2) is 5.79 Å². The Labute approximate surface area is 251 Å². The van der Waals surface area contributed by atoms with Crippen molar-refractivity contribution < 1.29 is 28.5 Å². The SMILES string of the molecule is Cc1[nH]c2c(-c3cc(C4(C)OCCO4)ccc3OCC3CC3)ncnc2c1C(=O)NC1CCN(C(=O)OC(C)(C)C)CC1. The van der Waals surface area contributed by atoms with Gasteiger partial charge in [-0.2, -0.15) is 0 Å². The number of hydrogen-bond acceptors (Lipinski definition) is 8. The van der Waals surface area contributed by atoms with Gasteiger partial charge in [-0.3, -0.25) is 4.79 Å². The largest absolute Gasteiger partial charge is 0.493 e. The molecule has 3 aliphatic rings. The molecule has 0 unspecified atom stereocenters. The van der Waals surface area contributed by atoms with Crippen molar-refractivity contribution in [2.45, 2.75) is 77.7 Å². The van der Waals surface area contributed by atoms with Crippen LogP contribution in [0.1, 0.15) is 75.0 Å². The number of nitrogens with one attached hydrogen (secondary N) is 2. The molecule has 3 fully saturated rings. The third-order valence-electron chi connectivity index (χ3n) is 8.25. The van der Waals surface area contributed by atoms with E-state index in [1.54, 1.807) is 4.90 Å². The van der Waals surface area contributed by atoms with Crippen molar-refractivity contribution in [3.05, 3.63) is 41.3 Å². The Morgan fingerprint density at radius 2 is 1.84 bits per heavy atom. The number of ether oxygens (including phenoxy) is 4. The number of carbonyl (C=O) groups is 2. The molecule has 230 valence electrons. The zero-order valence-corrected chi connectivity index (χ0v) is 25.6. The Bertz CT molecular complexity index is 1510. The van der Waals surface area contributed by atoms with E-state index in [4.69, 9.17) is 18.9 Å². The Kier molecular flexibility index (Phi) is 7.80. The molecule has 2 aliphatic heterocycles. The van der Waals surface area contributed by atoms with Crippen LogP contribution < -0.4 is 10.1 Å². The summed E-state index contributed by atoms with van der Waals surface area (Å²) < 4.78 is 23.7. The molecule has 0 radical (unpaired) electrons. The number of likely N-dealkylation sites (tertiary alicyclic amines) is 1. The van der Waals surface area contributed by atoms with E-state index in [1.807, 2.05) is 52.8 Å². The molecule has 0 atom stereocenters. The number of carbonyl (C=O) groups excluding carboxylic acids is 2. The highest BCUT2D eigenvalue weighted by atomic mass is 16.7. The first-order chi connectivity index (χ1) is 20.5. The summed E-state index contributed by atoms with van der Waals surface area (Å²) in [6, 6.07) is 5.86. The van der Waals surface area contributed by atoms with Crippen molar-refractivity contribution in [1.82, 2.24) is 25.2 Å². The smallest absolute Gasteiger partial charge is 0.410 e. The summed E-state index contributed by atoms with van der Waals surface area (Å²) in [4.78, 5) is 40.4. The number of benzene rings is 1. The van der Waals surface area contributed by atoms with Crippen LogP contribution in [0.4, 0.5) is 4.79 Å². The second kappa shape index (κ2) is 11.4. The zero-order chi connectivity index (χ0) is 30.4. The van der Waals surface area contributed by atoms with Crippen molar-refractivity contribution in [1.29, 1.82) is 0 Å². The molecule has 43 heavy (non-hydrogen) atoms. The van der Waals surface area contributed by atoms with Gasteiger partial charge in [0.25, 0.3) is 5.91 Å². The maximum absolute atomic E-state index is 13.6. The lowest BCUT2D eigenvalue weighted by Gasteiger charge is -2.33. The van der Waals surface area contributed by atoms with Crippen LogP contribution in [0.5, 0.6) is 5.75 Å². The van der Waals surface area contributed by atoms with Gasteiger partial charge in [-0.25, -0.2) is 14.8 Å². The Hall–Kier alpha value is -3.70. The molecule has 0 spiro atoms. The lowest BCUT2D eigenvalue weighted by atomic mass is 10.0. The van der Waals surface area contributed by atoms with E-state index in [-0.39, 0.29) is 18.0 Å². The van der Waals surface area contributed by atoms with Crippen LogP contribution in [0, 0.1) is 12.8 Å². The minimum atomic E-state index is -0.855. The van der Waals surface area contributed by atoms with Crippen LogP contribution in [0.15, 0.2) is 24.5 Å². The first-order valence-electron chi connectivity index (χ1n) is 15.2. The van der Waals surface area contributed by atoms with E-state index in [9.17, 15) is 9.59 Å². The number of rotatable bonds is 7. The summed E-state index contributed by atoms with van der Waals surface area (Å²) in [5.41, 5.74) is 4.15. The van der Waals surface area contributed by atoms with Gasteiger partial charge in [0.1, 0.15) is 28.9 Å². The zero-order valence-electron chi connectivity index (χ0n) is 25.6. The molecule has 2 amide bonds. The number of aromatic nitrogens is 3. The van der Waals surface area contributed by atoms with Crippen molar-refractivity contribution in [2.24, 2.45) is 5.92 Å². The molecule has 1 saturated carbocycles. The molecule has 1 aromatic carbocycles. The Morgan fingerprint density at radius 3 is 2.51 bits per heavy atom. The van der Waals surface area contributed by atoms with Crippen LogP contribution in [0.25, 0.3) is 22.3 Å². The Balaban J connectivity index is 1.25. The maximum Gasteiger partial charge on any atom is 0.410 e. The van der Waals surface area contributed by atoms with E-state index >= 15 is 0 Å². The molecule has 4 heterocycles. The number of amides is 2.